The molecule has 0 spiro atoms. The zero-order valence-corrected chi connectivity index (χ0v) is 8.75. The third kappa shape index (κ3) is 3.03. The molecule has 0 aliphatic carbocycles. The molecule has 0 atom stereocenters. The molecule has 13 heavy (non-hydrogen) atoms. The predicted molar refractivity (Wildman–Crippen MR) is 47.3 cm³/mol. The Labute approximate surface area is 84.4 Å². The van der Waals surface area contributed by atoms with E-state index in [9.17, 15) is 4.79 Å². The number of hydrogen-bond acceptors (Lipinski definition) is 2. The number of aromatic nitrogens is 1. The maximum absolute atomic E-state index is 10.9. The predicted octanol–water partition coefficient (Wildman–Crippen LogP) is -2.30. The Morgan fingerprint density at radius 1 is 1.31 bits per heavy atom. The number of halogens is 1. The lowest BCUT2D eigenvalue weighted by molar-refractivity contribution is -0.572. The van der Waals surface area contributed by atoms with Crippen LogP contribution in [0.2, 0.25) is 0 Å². The van der Waals surface area contributed by atoms with Crippen LogP contribution in [0.1, 0.15) is 11.7 Å². The van der Waals surface area contributed by atoms with Crippen LogP contribution in [0.4, 0.5) is 5.69 Å². The number of anilines is 1. The summed E-state index contributed by atoms with van der Waals surface area (Å²) in [5.74, 6) is 0.0281. The van der Waals surface area contributed by atoms with Gasteiger partial charge in [0, 0.05) is 31.9 Å². The van der Waals surface area contributed by atoms with E-state index in [0.29, 0.717) is 0 Å². The molecule has 3 nitrogen and oxygen atoms in total. The van der Waals surface area contributed by atoms with Crippen molar-refractivity contribution in [3.63, 3.8) is 0 Å². The van der Waals surface area contributed by atoms with Crippen LogP contribution in [0, 0.1) is 0 Å². The van der Waals surface area contributed by atoms with Crippen LogP contribution in [0.5, 0.6) is 0 Å². The van der Waals surface area contributed by atoms with Gasteiger partial charge in [-0.05, 0) is 0 Å². The Morgan fingerprint density at radius 3 is 2.08 bits per heavy atom. The van der Waals surface area contributed by atoms with Crippen LogP contribution in [-0.2, 0) is 0 Å². The molecule has 0 amide bonds. The quantitative estimate of drug-likeness (QED) is 0.477. The van der Waals surface area contributed by atoms with Crippen molar-refractivity contribution < 1.29 is 21.8 Å². The maximum atomic E-state index is 10.9. The number of rotatable bonds is 1. The van der Waals surface area contributed by atoms with E-state index in [1.165, 1.54) is 6.92 Å². The van der Waals surface area contributed by atoms with Gasteiger partial charge in [-0.25, -0.2) is 4.79 Å². The minimum atomic E-state index is 0. The van der Waals surface area contributed by atoms with Crippen LogP contribution in [0.15, 0.2) is 24.5 Å². The van der Waals surface area contributed by atoms with Crippen LogP contribution in [-0.4, -0.2) is 20.0 Å². The molecule has 0 fully saturated rings. The number of carbonyl (C=O) groups excluding carboxylic acids is 1. The molecule has 0 radical (unpaired) electrons. The molecule has 0 aromatic carbocycles. The van der Waals surface area contributed by atoms with Crippen LogP contribution >= 0.6 is 0 Å². The molecular formula is C9H13ClN2O. The monoisotopic (exact) mass is 200 g/mol. The van der Waals surface area contributed by atoms with Gasteiger partial charge in [-0.2, -0.15) is 0 Å². The van der Waals surface area contributed by atoms with Gasteiger partial charge in [-0.3, -0.25) is 0 Å². The fraction of sp³-hybridized carbons (Fsp3) is 0.333. The summed E-state index contributed by atoms with van der Waals surface area (Å²) in [5.41, 5.74) is 1.09. The molecule has 0 aliphatic rings. The lowest BCUT2D eigenvalue weighted by Crippen LogP contribution is -3.00. The normalized spacial score (nSPS) is 8.85. The van der Waals surface area contributed by atoms with Crippen molar-refractivity contribution in [3.05, 3.63) is 24.5 Å². The summed E-state index contributed by atoms with van der Waals surface area (Å²) in [5, 5.41) is 0. The Bertz CT molecular complexity index is 282. The lowest BCUT2D eigenvalue weighted by atomic mass is 10.4. The van der Waals surface area contributed by atoms with E-state index in [0.717, 1.165) is 5.69 Å². The summed E-state index contributed by atoms with van der Waals surface area (Å²) in [6, 6.07) is 3.81. The highest BCUT2D eigenvalue weighted by molar-refractivity contribution is 5.63. The minimum absolute atomic E-state index is 0. The number of pyridine rings is 1. The van der Waals surface area contributed by atoms with Crippen molar-refractivity contribution in [1.82, 2.24) is 0 Å². The molecule has 0 saturated heterocycles. The SMILES string of the molecule is CC(=O)[n+]1ccc(N(C)C)cc1.[Cl-]. The Balaban J connectivity index is 0.00000144. The lowest BCUT2D eigenvalue weighted by Gasteiger charge is -2.09. The smallest absolute Gasteiger partial charge is 0.389 e. The highest BCUT2D eigenvalue weighted by atomic mass is 35.5. The summed E-state index contributed by atoms with van der Waals surface area (Å²) in [4.78, 5) is 12.9. The van der Waals surface area contributed by atoms with Gasteiger partial charge >= 0.3 is 5.91 Å². The third-order valence-corrected chi connectivity index (χ3v) is 1.69. The second-order valence-corrected chi connectivity index (χ2v) is 2.88. The molecule has 0 saturated carbocycles. The number of carbonyl (C=O) groups is 1. The molecule has 1 aromatic heterocycles. The average molecular weight is 201 g/mol. The Hall–Kier alpha value is -1.09. The van der Waals surface area contributed by atoms with Crippen molar-refractivity contribution in [3.8, 4) is 0 Å². The van der Waals surface area contributed by atoms with Crippen molar-refractivity contribution in [2.75, 3.05) is 19.0 Å². The van der Waals surface area contributed by atoms with Crippen LogP contribution in [0.3, 0.4) is 0 Å². The van der Waals surface area contributed by atoms with E-state index < -0.39 is 0 Å². The van der Waals surface area contributed by atoms with Crippen molar-refractivity contribution in [2.45, 2.75) is 6.92 Å². The first-order chi connectivity index (χ1) is 5.61. The van der Waals surface area contributed by atoms with Gasteiger partial charge in [0.1, 0.15) is 0 Å². The van der Waals surface area contributed by atoms with Crippen molar-refractivity contribution >= 4 is 11.6 Å². The molecule has 72 valence electrons. The summed E-state index contributed by atoms with van der Waals surface area (Å²) >= 11 is 0. The van der Waals surface area contributed by atoms with Gasteiger partial charge < -0.3 is 17.3 Å². The topological polar surface area (TPSA) is 24.2 Å². The van der Waals surface area contributed by atoms with Gasteiger partial charge in [0.2, 0.25) is 0 Å². The molecule has 1 aromatic rings. The third-order valence-electron chi connectivity index (χ3n) is 1.69. The van der Waals surface area contributed by atoms with Gasteiger partial charge in [-0.15, -0.1) is 4.57 Å². The van der Waals surface area contributed by atoms with E-state index in [4.69, 9.17) is 0 Å². The van der Waals surface area contributed by atoms with Crippen LogP contribution in [0.25, 0.3) is 0 Å². The van der Waals surface area contributed by atoms with E-state index in [1.807, 2.05) is 31.1 Å². The molecule has 0 bridgehead atoms. The van der Waals surface area contributed by atoms with E-state index in [-0.39, 0.29) is 18.3 Å². The van der Waals surface area contributed by atoms with E-state index in [1.54, 1.807) is 17.0 Å². The molecule has 0 aliphatic heterocycles. The van der Waals surface area contributed by atoms with Gasteiger partial charge in [0.05, 0.1) is 6.92 Å². The van der Waals surface area contributed by atoms with Crippen molar-refractivity contribution in [2.24, 2.45) is 0 Å². The molecule has 0 N–H and O–H groups in total. The molecule has 1 heterocycles. The summed E-state index contributed by atoms with van der Waals surface area (Å²) in [6.07, 6.45) is 3.52. The van der Waals surface area contributed by atoms with E-state index >= 15 is 0 Å². The molecule has 0 unspecified atom stereocenters. The first kappa shape index (κ1) is 11.9. The molecule has 4 heteroatoms. The Morgan fingerprint density at radius 2 is 1.77 bits per heavy atom. The fourth-order valence-electron chi connectivity index (χ4n) is 0.927. The largest absolute Gasteiger partial charge is 1.00 e. The number of nitrogens with zero attached hydrogens (tertiary/aromatic N) is 2. The van der Waals surface area contributed by atoms with Crippen LogP contribution < -0.4 is 21.9 Å². The summed E-state index contributed by atoms with van der Waals surface area (Å²) in [6.45, 7) is 1.54. The summed E-state index contributed by atoms with van der Waals surface area (Å²) < 4.78 is 1.55. The fourth-order valence-corrected chi connectivity index (χ4v) is 0.927. The van der Waals surface area contributed by atoms with Gasteiger partial charge in [0.15, 0.2) is 12.4 Å². The number of hydrogen-bond donors (Lipinski definition) is 0. The second-order valence-electron chi connectivity index (χ2n) is 2.88. The molecular weight excluding hydrogens is 188 g/mol. The zero-order chi connectivity index (χ0) is 9.14. The minimum Gasteiger partial charge on any atom is -1.00 e. The highest BCUT2D eigenvalue weighted by Gasteiger charge is 2.05. The molecule has 1 rings (SSSR count). The first-order valence-electron chi connectivity index (χ1n) is 3.81. The summed E-state index contributed by atoms with van der Waals surface area (Å²) in [7, 11) is 3.93. The highest BCUT2D eigenvalue weighted by Crippen LogP contribution is 2.05. The van der Waals surface area contributed by atoms with E-state index in [2.05, 4.69) is 0 Å². The first-order valence-corrected chi connectivity index (χ1v) is 3.81. The average Bonchev–Trinajstić information content (AvgIpc) is 2.04. The zero-order valence-electron chi connectivity index (χ0n) is 7.99. The van der Waals surface area contributed by atoms with Crippen molar-refractivity contribution in [1.29, 1.82) is 0 Å². The standard InChI is InChI=1S/C9H13N2O.ClH/c1-8(12)11-6-4-9(5-7-11)10(2)3;/h4-7H,1-3H3;1H/q+1;/p-1. The van der Waals surface area contributed by atoms with Gasteiger partial charge in [-0.1, -0.05) is 0 Å². The van der Waals surface area contributed by atoms with Gasteiger partial charge in [0.25, 0.3) is 0 Å². The maximum Gasteiger partial charge on any atom is 0.389 e. The second kappa shape index (κ2) is 4.82. The Kier molecular flexibility index (Phi) is 4.42.